The highest BCUT2D eigenvalue weighted by molar-refractivity contribution is 6.30. The Kier molecular flexibility index (Phi) is 3.99. The fourth-order valence-electron chi connectivity index (χ4n) is 1.91. The Morgan fingerprint density at radius 1 is 1.44 bits per heavy atom. The van der Waals surface area contributed by atoms with Crippen molar-refractivity contribution in [3.05, 3.63) is 52.6 Å². The van der Waals surface area contributed by atoms with E-state index in [-0.39, 0.29) is 11.1 Å². The number of benzene rings is 1. The molecule has 0 saturated carbocycles. The lowest BCUT2D eigenvalue weighted by Gasteiger charge is -2.17. The maximum atomic E-state index is 13.2. The molecule has 0 aliphatic rings. The van der Waals surface area contributed by atoms with Crippen molar-refractivity contribution in [3.8, 4) is 0 Å². The lowest BCUT2D eigenvalue weighted by molar-refractivity contribution is 0.613. The molecule has 0 bridgehead atoms. The molecular formula is C13H15ClFN3. The highest BCUT2D eigenvalue weighted by Crippen LogP contribution is 2.25. The van der Waals surface area contributed by atoms with E-state index < -0.39 is 5.82 Å². The molecule has 3 nitrogen and oxygen atoms in total. The first-order valence-corrected chi connectivity index (χ1v) is 6.16. The van der Waals surface area contributed by atoms with E-state index in [1.165, 1.54) is 6.07 Å². The van der Waals surface area contributed by atoms with Crippen LogP contribution in [0.1, 0.15) is 24.1 Å². The molecule has 1 atom stereocenters. The molecule has 0 spiro atoms. The van der Waals surface area contributed by atoms with Crippen LogP contribution in [-0.4, -0.2) is 16.3 Å². The average molecular weight is 268 g/mol. The van der Waals surface area contributed by atoms with E-state index in [0.29, 0.717) is 0 Å². The van der Waals surface area contributed by atoms with Crippen molar-refractivity contribution in [1.29, 1.82) is 0 Å². The Balaban J connectivity index is 2.37. The van der Waals surface area contributed by atoms with Gasteiger partial charge in [-0.1, -0.05) is 24.6 Å². The van der Waals surface area contributed by atoms with Crippen LogP contribution in [0.3, 0.4) is 0 Å². The standard InChI is InChI=1S/C13H15ClFN3/c1-3-16-13(10-7-17-18(2)8-10)9-4-5-12(15)11(14)6-9/h4-8,13,16H,3H2,1-2H3. The number of aryl methyl sites for hydroxylation is 1. The van der Waals surface area contributed by atoms with Crippen molar-refractivity contribution in [2.45, 2.75) is 13.0 Å². The lowest BCUT2D eigenvalue weighted by atomic mass is 10.0. The Bertz CT molecular complexity index is 539. The molecule has 5 heteroatoms. The fraction of sp³-hybridized carbons (Fsp3) is 0.308. The summed E-state index contributed by atoms with van der Waals surface area (Å²) in [4.78, 5) is 0. The van der Waals surface area contributed by atoms with Gasteiger partial charge in [0.1, 0.15) is 5.82 Å². The van der Waals surface area contributed by atoms with Gasteiger partial charge >= 0.3 is 0 Å². The third-order valence-electron chi connectivity index (χ3n) is 2.74. The molecule has 1 heterocycles. The van der Waals surface area contributed by atoms with Gasteiger partial charge in [-0.3, -0.25) is 4.68 Å². The van der Waals surface area contributed by atoms with Gasteiger partial charge in [0.25, 0.3) is 0 Å². The fourth-order valence-corrected chi connectivity index (χ4v) is 2.10. The van der Waals surface area contributed by atoms with Gasteiger partial charge in [0.15, 0.2) is 0 Å². The summed E-state index contributed by atoms with van der Waals surface area (Å²) >= 11 is 5.83. The van der Waals surface area contributed by atoms with Crippen LogP contribution in [0.5, 0.6) is 0 Å². The number of nitrogens with zero attached hydrogens (tertiary/aromatic N) is 2. The Morgan fingerprint density at radius 2 is 2.22 bits per heavy atom. The maximum absolute atomic E-state index is 13.2. The zero-order chi connectivity index (χ0) is 13.1. The minimum atomic E-state index is -0.401. The van der Waals surface area contributed by atoms with Crippen LogP contribution >= 0.6 is 11.6 Å². The molecule has 0 radical (unpaired) electrons. The number of halogens is 2. The molecular weight excluding hydrogens is 253 g/mol. The summed E-state index contributed by atoms with van der Waals surface area (Å²) < 4.78 is 14.9. The van der Waals surface area contributed by atoms with Crippen LogP contribution in [0.25, 0.3) is 0 Å². The monoisotopic (exact) mass is 267 g/mol. The molecule has 96 valence electrons. The van der Waals surface area contributed by atoms with Crippen LogP contribution in [0.4, 0.5) is 4.39 Å². The number of nitrogens with one attached hydrogen (secondary N) is 1. The molecule has 1 N–H and O–H groups in total. The summed E-state index contributed by atoms with van der Waals surface area (Å²) in [6.45, 7) is 2.82. The summed E-state index contributed by atoms with van der Waals surface area (Å²) in [5.74, 6) is -0.401. The minimum absolute atomic E-state index is 0.0261. The Labute approximate surface area is 111 Å². The van der Waals surface area contributed by atoms with Crippen LogP contribution in [-0.2, 0) is 7.05 Å². The number of hydrogen-bond donors (Lipinski definition) is 1. The number of rotatable bonds is 4. The Morgan fingerprint density at radius 3 is 2.78 bits per heavy atom. The lowest BCUT2D eigenvalue weighted by Crippen LogP contribution is -2.21. The van der Waals surface area contributed by atoms with Gasteiger partial charge in [-0.05, 0) is 24.2 Å². The zero-order valence-electron chi connectivity index (χ0n) is 10.3. The van der Waals surface area contributed by atoms with E-state index in [0.717, 1.165) is 17.7 Å². The largest absolute Gasteiger partial charge is 0.306 e. The highest BCUT2D eigenvalue weighted by Gasteiger charge is 2.15. The van der Waals surface area contributed by atoms with Crippen molar-refractivity contribution in [1.82, 2.24) is 15.1 Å². The quantitative estimate of drug-likeness (QED) is 0.923. The first kappa shape index (κ1) is 13.1. The third-order valence-corrected chi connectivity index (χ3v) is 3.03. The third kappa shape index (κ3) is 2.71. The topological polar surface area (TPSA) is 29.9 Å². The molecule has 18 heavy (non-hydrogen) atoms. The van der Waals surface area contributed by atoms with Crippen LogP contribution < -0.4 is 5.32 Å². The second-order valence-electron chi connectivity index (χ2n) is 4.11. The van der Waals surface area contributed by atoms with E-state index in [1.54, 1.807) is 23.0 Å². The predicted molar refractivity (Wildman–Crippen MR) is 70.1 cm³/mol. The average Bonchev–Trinajstić information content (AvgIpc) is 2.76. The molecule has 0 aliphatic heterocycles. The van der Waals surface area contributed by atoms with Gasteiger partial charge in [-0.2, -0.15) is 5.10 Å². The molecule has 1 unspecified atom stereocenters. The van der Waals surface area contributed by atoms with Crippen molar-refractivity contribution in [3.63, 3.8) is 0 Å². The first-order chi connectivity index (χ1) is 8.61. The normalized spacial score (nSPS) is 12.7. The smallest absolute Gasteiger partial charge is 0.141 e. The van der Waals surface area contributed by atoms with Crippen molar-refractivity contribution in [2.24, 2.45) is 7.05 Å². The summed E-state index contributed by atoms with van der Waals surface area (Å²) in [6.07, 6.45) is 3.73. The van der Waals surface area contributed by atoms with E-state index in [1.807, 2.05) is 20.2 Å². The van der Waals surface area contributed by atoms with Crippen molar-refractivity contribution in [2.75, 3.05) is 6.54 Å². The van der Waals surface area contributed by atoms with Gasteiger partial charge in [0.05, 0.1) is 17.3 Å². The molecule has 2 rings (SSSR count). The molecule has 1 aromatic heterocycles. The van der Waals surface area contributed by atoms with Gasteiger partial charge < -0.3 is 5.32 Å². The predicted octanol–water partition coefficient (Wildman–Crippen LogP) is 2.91. The molecule has 0 aliphatic carbocycles. The van der Waals surface area contributed by atoms with Gasteiger partial charge in [0, 0.05) is 18.8 Å². The second kappa shape index (κ2) is 5.50. The number of aromatic nitrogens is 2. The van der Waals surface area contributed by atoms with Crippen LogP contribution in [0.15, 0.2) is 30.6 Å². The van der Waals surface area contributed by atoms with E-state index in [9.17, 15) is 4.39 Å². The van der Waals surface area contributed by atoms with Gasteiger partial charge in [-0.15, -0.1) is 0 Å². The zero-order valence-corrected chi connectivity index (χ0v) is 11.1. The molecule has 0 fully saturated rings. The Hall–Kier alpha value is -1.39. The SMILES string of the molecule is CCNC(c1ccc(F)c(Cl)c1)c1cnn(C)c1. The molecule has 0 saturated heterocycles. The first-order valence-electron chi connectivity index (χ1n) is 5.78. The summed E-state index contributed by atoms with van der Waals surface area (Å²) in [5, 5.41) is 7.63. The molecule has 2 aromatic rings. The minimum Gasteiger partial charge on any atom is -0.306 e. The highest BCUT2D eigenvalue weighted by atomic mass is 35.5. The summed E-state index contributed by atoms with van der Waals surface area (Å²) in [5.41, 5.74) is 1.96. The van der Waals surface area contributed by atoms with Gasteiger partial charge in [-0.25, -0.2) is 4.39 Å². The molecule has 1 aromatic carbocycles. The van der Waals surface area contributed by atoms with Crippen LogP contribution in [0, 0.1) is 5.82 Å². The second-order valence-corrected chi connectivity index (χ2v) is 4.52. The molecule has 0 amide bonds. The van der Waals surface area contributed by atoms with Crippen LogP contribution in [0.2, 0.25) is 5.02 Å². The van der Waals surface area contributed by atoms with Crippen molar-refractivity contribution < 1.29 is 4.39 Å². The summed E-state index contributed by atoms with van der Waals surface area (Å²) in [6, 6.07) is 4.75. The number of hydrogen-bond acceptors (Lipinski definition) is 2. The van der Waals surface area contributed by atoms with Crippen molar-refractivity contribution >= 4 is 11.6 Å². The van der Waals surface area contributed by atoms with E-state index in [4.69, 9.17) is 11.6 Å². The van der Waals surface area contributed by atoms with E-state index in [2.05, 4.69) is 10.4 Å². The van der Waals surface area contributed by atoms with Gasteiger partial charge in [0.2, 0.25) is 0 Å². The summed E-state index contributed by atoms with van der Waals surface area (Å²) in [7, 11) is 1.87. The van der Waals surface area contributed by atoms with E-state index >= 15 is 0 Å². The maximum Gasteiger partial charge on any atom is 0.141 e.